The molecule has 2 heterocycles. The second kappa shape index (κ2) is 8.12. The molecule has 7 heteroatoms. The first-order chi connectivity index (χ1) is 14.5. The van der Waals surface area contributed by atoms with Gasteiger partial charge < -0.3 is 14.7 Å². The minimum atomic E-state index is -0.746. The molecule has 1 aliphatic heterocycles. The summed E-state index contributed by atoms with van der Waals surface area (Å²) in [4.78, 5) is 28.0. The number of likely N-dealkylation sites (tertiary alicyclic amines) is 1. The molecule has 3 aromatic rings. The largest absolute Gasteiger partial charge is 0.507 e. The van der Waals surface area contributed by atoms with Crippen molar-refractivity contribution in [2.45, 2.75) is 12.6 Å². The molecule has 1 aliphatic rings. The van der Waals surface area contributed by atoms with Crippen LogP contribution in [0.1, 0.15) is 22.0 Å². The molecule has 1 fully saturated rings. The summed E-state index contributed by atoms with van der Waals surface area (Å²) in [5, 5.41) is 12.8. The highest BCUT2D eigenvalue weighted by atomic mass is 32.1. The van der Waals surface area contributed by atoms with Crippen LogP contribution >= 0.6 is 11.3 Å². The Morgan fingerprint density at radius 3 is 2.40 bits per heavy atom. The molecule has 0 spiro atoms. The topological polar surface area (TPSA) is 66.8 Å². The van der Waals surface area contributed by atoms with Gasteiger partial charge in [-0.05, 0) is 53.4 Å². The fraction of sp³-hybridized carbons (Fsp3) is 0.130. The zero-order valence-electron chi connectivity index (χ0n) is 16.0. The van der Waals surface area contributed by atoms with Crippen LogP contribution in [0.5, 0.6) is 5.75 Å². The summed E-state index contributed by atoms with van der Waals surface area (Å²) in [6.45, 7) is 0.118. The lowest BCUT2D eigenvalue weighted by molar-refractivity contribution is -0.140. The number of benzene rings is 2. The standard InChI is InChI=1S/C23H18FNO4S/c1-29-17-10-6-15(7-11-17)21(26)19-20(18-3-2-12-30-18)25(23(28)22(19)27)13-14-4-8-16(24)9-5-14/h2-12,20,26H,13H2,1H3/b21-19-. The van der Waals surface area contributed by atoms with Crippen molar-refractivity contribution >= 4 is 28.8 Å². The van der Waals surface area contributed by atoms with Gasteiger partial charge in [-0.15, -0.1) is 11.3 Å². The molecule has 0 aliphatic carbocycles. The highest BCUT2D eigenvalue weighted by Gasteiger charge is 2.46. The second-order valence-corrected chi connectivity index (χ2v) is 7.78. The average molecular weight is 423 g/mol. The number of carbonyl (C=O) groups is 2. The van der Waals surface area contributed by atoms with Crippen molar-refractivity contribution in [2.24, 2.45) is 0 Å². The number of halogens is 1. The highest BCUT2D eigenvalue weighted by Crippen LogP contribution is 2.41. The maximum Gasteiger partial charge on any atom is 0.295 e. The molecule has 0 bridgehead atoms. The van der Waals surface area contributed by atoms with Crippen LogP contribution in [0.15, 0.2) is 71.6 Å². The molecule has 30 heavy (non-hydrogen) atoms. The van der Waals surface area contributed by atoms with Crippen LogP contribution in [-0.2, 0) is 16.1 Å². The Morgan fingerprint density at radius 1 is 1.10 bits per heavy atom. The monoisotopic (exact) mass is 423 g/mol. The lowest BCUT2D eigenvalue weighted by Crippen LogP contribution is -2.28. The molecule has 1 amide bonds. The van der Waals surface area contributed by atoms with Crippen molar-refractivity contribution in [3.63, 3.8) is 0 Å². The van der Waals surface area contributed by atoms with Gasteiger partial charge in [0.15, 0.2) is 0 Å². The molecule has 1 unspecified atom stereocenters. The molecule has 2 aromatic carbocycles. The molecule has 1 N–H and O–H groups in total. The molecule has 1 saturated heterocycles. The van der Waals surface area contributed by atoms with Crippen LogP contribution in [0.3, 0.4) is 0 Å². The predicted molar refractivity (Wildman–Crippen MR) is 112 cm³/mol. The number of thiophene rings is 1. The van der Waals surface area contributed by atoms with Gasteiger partial charge in [0.1, 0.15) is 17.3 Å². The zero-order valence-corrected chi connectivity index (χ0v) is 16.9. The molecule has 0 radical (unpaired) electrons. The third-order valence-electron chi connectivity index (χ3n) is 4.98. The summed E-state index contributed by atoms with van der Waals surface area (Å²) in [5.41, 5.74) is 1.14. The van der Waals surface area contributed by atoms with Crippen molar-refractivity contribution in [3.05, 3.63) is 93.4 Å². The van der Waals surface area contributed by atoms with Gasteiger partial charge in [-0.1, -0.05) is 18.2 Å². The number of carbonyl (C=O) groups excluding carboxylic acids is 2. The number of aliphatic hydroxyl groups is 1. The van der Waals surface area contributed by atoms with E-state index in [4.69, 9.17) is 4.74 Å². The van der Waals surface area contributed by atoms with E-state index in [1.807, 2.05) is 17.5 Å². The molecule has 1 atom stereocenters. The molecule has 4 rings (SSSR count). The summed E-state index contributed by atoms with van der Waals surface area (Å²) in [6, 6.07) is 15.3. The maximum atomic E-state index is 13.3. The van der Waals surface area contributed by atoms with Crippen molar-refractivity contribution in [1.29, 1.82) is 0 Å². The Kier molecular flexibility index (Phi) is 5.37. The number of aliphatic hydroxyl groups excluding tert-OH is 1. The fourth-order valence-corrected chi connectivity index (χ4v) is 4.32. The number of rotatable bonds is 5. The normalized spacial score (nSPS) is 18.1. The first-order valence-electron chi connectivity index (χ1n) is 9.20. The van der Waals surface area contributed by atoms with Crippen LogP contribution in [0.25, 0.3) is 5.76 Å². The third-order valence-corrected chi connectivity index (χ3v) is 5.91. The second-order valence-electron chi connectivity index (χ2n) is 6.80. The number of ether oxygens (including phenoxy) is 1. The number of methoxy groups -OCH3 is 1. The van der Waals surface area contributed by atoms with Crippen molar-refractivity contribution < 1.29 is 23.8 Å². The zero-order chi connectivity index (χ0) is 21.3. The van der Waals surface area contributed by atoms with E-state index in [1.54, 1.807) is 36.4 Å². The molecule has 152 valence electrons. The Hall–Kier alpha value is -3.45. The van der Waals surface area contributed by atoms with Gasteiger partial charge in [-0.2, -0.15) is 0 Å². The SMILES string of the molecule is COc1ccc(/C(O)=C2/C(=O)C(=O)N(Cc3ccc(F)cc3)C2c2cccs2)cc1. The van der Waals surface area contributed by atoms with Crippen LogP contribution in [0.4, 0.5) is 4.39 Å². The lowest BCUT2D eigenvalue weighted by Gasteiger charge is -2.24. The number of hydrogen-bond donors (Lipinski definition) is 1. The van der Waals surface area contributed by atoms with E-state index in [0.717, 1.165) is 4.88 Å². The summed E-state index contributed by atoms with van der Waals surface area (Å²) >= 11 is 1.39. The molecular formula is C23H18FNO4S. The first kappa shape index (κ1) is 19.8. The van der Waals surface area contributed by atoms with Crippen LogP contribution in [0, 0.1) is 5.82 Å². The number of ketones is 1. The Morgan fingerprint density at radius 2 is 1.80 bits per heavy atom. The average Bonchev–Trinajstić information content (AvgIpc) is 3.37. The quantitative estimate of drug-likeness (QED) is 0.372. The van der Waals surface area contributed by atoms with E-state index in [0.29, 0.717) is 16.9 Å². The van der Waals surface area contributed by atoms with Gasteiger partial charge in [0.25, 0.3) is 11.7 Å². The summed E-state index contributed by atoms with van der Waals surface area (Å²) in [7, 11) is 1.53. The van der Waals surface area contributed by atoms with E-state index < -0.39 is 17.7 Å². The summed E-state index contributed by atoms with van der Waals surface area (Å²) in [6.07, 6.45) is 0. The van der Waals surface area contributed by atoms with E-state index in [9.17, 15) is 19.1 Å². The van der Waals surface area contributed by atoms with Crippen molar-refractivity contribution in [2.75, 3.05) is 7.11 Å². The Labute approximate surface area is 176 Å². The van der Waals surface area contributed by atoms with Gasteiger partial charge in [0, 0.05) is 17.0 Å². The van der Waals surface area contributed by atoms with Crippen LogP contribution in [-0.4, -0.2) is 28.8 Å². The van der Waals surface area contributed by atoms with Crippen molar-refractivity contribution in [3.8, 4) is 5.75 Å². The molecule has 0 saturated carbocycles. The molecular weight excluding hydrogens is 405 g/mol. The van der Waals surface area contributed by atoms with E-state index in [1.165, 1.54) is 35.5 Å². The van der Waals surface area contributed by atoms with E-state index >= 15 is 0 Å². The minimum absolute atomic E-state index is 0.0368. The number of nitrogens with zero attached hydrogens (tertiary/aromatic N) is 1. The lowest BCUT2D eigenvalue weighted by atomic mass is 9.99. The smallest absolute Gasteiger partial charge is 0.295 e. The van der Waals surface area contributed by atoms with E-state index in [-0.39, 0.29) is 23.7 Å². The number of Topliss-reactive ketones (excluding diaryl/α,β-unsaturated/α-hetero) is 1. The third kappa shape index (κ3) is 3.59. The van der Waals surface area contributed by atoms with Gasteiger partial charge in [0.05, 0.1) is 18.7 Å². The molecule has 1 aromatic heterocycles. The Balaban J connectivity index is 1.79. The van der Waals surface area contributed by atoms with Crippen molar-refractivity contribution in [1.82, 2.24) is 4.90 Å². The Bertz CT molecular complexity index is 1110. The highest BCUT2D eigenvalue weighted by molar-refractivity contribution is 7.10. The number of amides is 1. The summed E-state index contributed by atoms with van der Waals surface area (Å²) in [5.74, 6) is -1.46. The first-order valence-corrected chi connectivity index (χ1v) is 10.1. The predicted octanol–water partition coefficient (Wildman–Crippen LogP) is 4.52. The van der Waals surface area contributed by atoms with Gasteiger partial charge in [0.2, 0.25) is 0 Å². The maximum absolute atomic E-state index is 13.3. The van der Waals surface area contributed by atoms with Gasteiger partial charge in [-0.3, -0.25) is 9.59 Å². The van der Waals surface area contributed by atoms with Crippen LogP contribution < -0.4 is 4.74 Å². The number of hydrogen-bond acceptors (Lipinski definition) is 5. The van der Waals surface area contributed by atoms with Gasteiger partial charge >= 0.3 is 0 Å². The van der Waals surface area contributed by atoms with Crippen LogP contribution in [0.2, 0.25) is 0 Å². The van der Waals surface area contributed by atoms with E-state index in [2.05, 4.69) is 0 Å². The summed E-state index contributed by atoms with van der Waals surface area (Å²) < 4.78 is 18.4. The van der Waals surface area contributed by atoms with Gasteiger partial charge in [-0.25, -0.2) is 4.39 Å². The minimum Gasteiger partial charge on any atom is -0.507 e. The molecule has 5 nitrogen and oxygen atoms in total. The fourth-order valence-electron chi connectivity index (χ4n) is 3.48.